The maximum Gasteiger partial charge on any atom is 0.303 e. The monoisotopic (exact) mass is 484 g/mol. The van der Waals surface area contributed by atoms with E-state index in [-0.39, 0.29) is 47.0 Å². The molecule has 1 fully saturated rings. The normalized spacial score (nSPS) is 37.2. The summed E-state index contributed by atoms with van der Waals surface area (Å²) in [6, 6.07) is 0. The van der Waals surface area contributed by atoms with Crippen molar-refractivity contribution in [3.05, 3.63) is 47.6 Å². The van der Waals surface area contributed by atoms with E-state index >= 15 is 0 Å². The second-order valence-corrected chi connectivity index (χ2v) is 12.7. The summed E-state index contributed by atoms with van der Waals surface area (Å²) in [5.74, 6) is -0.117. The Kier molecular flexibility index (Phi) is 7.99. The highest BCUT2D eigenvalue weighted by Gasteiger charge is 2.64. The van der Waals surface area contributed by atoms with E-state index in [4.69, 9.17) is 0 Å². The molecule has 4 nitrogen and oxygen atoms in total. The Morgan fingerprint density at radius 2 is 1.80 bits per heavy atom. The van der Waals surface area contributed by atoms with E-state index in [1.165, 1.54) is 16.7 Å². The summed E-state index contributed by atoms with van der Waals surface area (Å²) in [6.07, 6.45) is 8.99. The highest BCUT2D eigenvalue weighted by molar-refractivity contribution is 5.67. The van der Waals surface area contributed by atoms with Crippen molar-refractivity contribution in [3.63, 3.8) is 0 Å². The first-order chi connectivity index (χ1) is 16.2. The molecular formula is C31H48O4. The lowest BCUT2D eigenvalue weighted by molar-refractivity contribution is -0.137. The van der Waals surface area contributed by atoms with Gasteiger partial charge in [-0.15, -0.1) is 0 Å². The lowest BCUT2D eigenvalue weighted by Crippen LogP contribution is -2.48. The fourth-order valence-corrected chi connectivity index (χ4v) is 7.93. The molecule has 7 atom stereocenters. The van der Waals surface area contributed by atoms with Crippen molar-refractivity contribution in [3.8, 4) is 0 Å². The van der Waals surface area contributed by atoms with E-state index in [9.17, 15) is 20.1 Å². The molecule has 3 N–H and O–H groups in total. The molecule has 0 aliphatic heterocycles. The molecule has 3 rings (SSSR count). The molecule has 0 amide bonds. The van der Waals surface area contributed by atoms with Crippen LogP contribution in [0.5, 0.6) is 0 Å². The van der Waals surface area contributed by atoms with Crippen LogP contribution in [0.3, 0.4) is 0 Å². The molecule has 0 aromatic carbocycles. The van der Waals surface area contributed by atoms with Crippen molar-refractivity contribution in [2.24, 2.45) is 39.9 Å². The first-order valence-corrected chi connectivity index (χ1v) is 13.5. The largest absolute Gasteiger partial charge is 0.481 e. The Morgan fingerprint density at radius 3 is 2.34 bits per heavy atom. The maximum atomic E-state index is 11.5. The van der Waals surface area contributed by atoms with Gasteiger partial charge in [0.25, 0.3) is 0 Å². The van der Waals surface area contributed by atoms with Gasteiger partial charge in [-0.25, -0.2) is 0 Å². The number of hydrogen-bond acceptors (Lipinski definition) is 3. The molecule has 0 spiro atoms. The lowest BCUT2D eigenvalue weighted by atomic mass is 9.48. The van der Waals surface area contributed by atoms with Gasteiger partial charge < -0.3 is 15.3 Å². The Morgan fingerprint density at radius 1 is 1.14 bits per heavy atom. The third kappa shape index (κ3) is 4.62. The molecule has 0 bridgehead atoms. The number of carboxylic acids is 1. The number of hydrogen-bond donors (Lipinski definition) is 3. The van der Waals surface area contributed by atoms with Crippen LogP contribution in [0.25, 0.3) is 0 Å². The second kappa shape index (κ2) is 10.0. The van der Waals surface area contributed by atoms with Crippen LogP contribution in [0.4, 0.5) is 0 Å². The standard InChI is InChI=1S/C31H48O4/c1-19(2)21(5)9-10-22(18-32)28-26(33)17-31(8)25-12-11-23(20(3)4)29(6,15-14-27(34)35)24(25)13-16-30(28,31)7/h12-13,19,22-23,26,28,32-33H,3,5,9-11,14-18H2,1-2,4,6-8H3,(H,34,35)/t22-,23-,26+,28-,29-,30+,31-/m0/s1. The number of aliphatic carboxylic acids is 1. The fourth-order valence-electron chi connectivity index (χ4n) is 7.93. The van der Waals surface area contributed by atoms with Crippen molar-refractivity contribution in [1.82, 2.24) is 0 Å². The Labute approximate surface area is 212 Å². The number of carbonyl (C=O) groups is 1. The van der Waals surface area contributed by atoms with Crippen LogP contribution in [0, 0.1) is 39.9 Å². The number of fused-ring (bicyclic) bond motifs is 3. The zero-order chi connectivity index (χ0) is 26.3. The van der Waals surface area contributed by atoms with E-state index < -0.39 is 12.1 Å². The van der Waals surface area contributed by atoms with Crippen LogP contribution >= 0.6 is 0 Å². The van der Waals surface area contributed by atoms with Gasteiger partial charge in [-0.05, 0) is 91.1 Å². The van der Waals surface area contributed by atoms with Gasteiger partial charge in [0.1, 0.15) is 0 Å². The minimum Gasteiger partial charge on any atom is -0.481 e. The Bertz CT molecular complexity index is 926. The summed E-state index contributed by atoms with van der Waals surface area (Å²) in [6.45, 7) is 21.8. The molecule has 35 heavy (non-hydrogen) atoms. The van der Waals surface area contributed by atoms with Crippen LogP contribution in [0.2, 0.25) is 0 Å². The predicted octanol–water partition coefficient (Wildman–Crippen LogP) is 6.70. The van der Waals surface area contributed by atoms with Crippen LogP contribution in [0.15, 0.2) is 47.6 Å². The van der Waals surface area contributed by atoms with Crippen molar-refractivity contribution in [1.29, 1.82) is 0 Å². The number of rotatable bonds is 10. The van der Waals surface area contributed by atoms with Crippen LogP contribution in [-0.4, -0.2) is 34.0 Å². The van der Waals surface area contributed by atoms with Crippen LogP contribution < -0.4 is 0 Å². The quantitative estimate of drug-likeness (QED) is 0.301. The molecule has 4 heteroatoms. The third-order valence-electron chi connectivity index (χ3n) is 10.4. The summed E-state index contributed by atoms with van der Waals surface area (Å²) >= 11 is 0. The van der Waals surface area contributed by atoms with Crippen molar-refractivity contribution in [2.75, 3.05) is 6.61 Å². The lowest BCUT2D eigenvalue weighted by Gasteiger charge is -2.56. The molecule has 0 saturated heterocycles. The summed E-state index contributed by atoms with van der Waals surface area (Å²) < 4.78 is 0. The molecule has 196 valence electrons. The Hall–Kier alpha value is -1.65. The van der Waals surface area contributed by atoms with E-state index in [1.807, 2.05) is 0 Å². The maximum absolute atomic E-state index is 11.5. The molecular weight excluding hydrogens is 436 g/mol. The molecule has 0 aromatic heterocycles. The molecule has 0 radical (unpaired) electrons. The van der Waals surface area contributed by atoms with Gasteiger partial charge in [0.15, 0.2) is 0 Å². The first kappa shape index (κ1) is 27.9. The highest BCUT2D eigenvalue weighted by Crippen LogP contribution is 2.70. The smallest absolute Gasteiger partial charge is 0.303 e. The zero-order valence-corrected chi connectivity index (χ0v) is 22.9. The van der Waals surface area contributed by atoms with E-state index in [1.54, 1.807) is 0 Å². The molecule has 0 heterocycles. The number of carboxylic acid groups (broad SMARTS) is 1. The van der Waals surface area contributed by atoms with Gasteiger partial charge in [0.05, 0.1) is 6.10 Å². The number of aliphatic hydroxyl groups excluding tert-OH is 2. The van der Waals surface area contributed by atoms with Crippen molar-refractivity contribution >= 4 is 5.97 Å². The molecule has 3 aliphatic rings. The third-order valence-corrected chi connectivity index (χ3v) is 10.4. The first-order valence-electron chi connectivity index (χ1n) is 13.5. The minimum atomic E-state index is -0.764. The molecule has 1 saturated carbocycles. The number of allylic oxidation sites excluding steroid dienone is 6. The SMILES string of the molecule is C=C(CC[C@@H](CO)[C@H]1[C@H](O)C[C@@]2(C)C3=CC[C@@H](C(=C)C)[C@](C)(CCC(=O)O)C3=CC[C@]12C)C(C)C. The van der Waals surface area contributed by atoms with Crippen LogP contribution in [0.1, 0.15) is 86.5 Å². The van der Waals surface area contributed by atoms with Gasteiger partial charge in [-0.1, -0.05) is 71.1 Å². The average Bonchev–Trinajstić information content (AvgIpc) is 2.98. The summed E-state index contributed by atoms with van der Waals surface area (Å²) in [5, 5.41) is 31.4. The number of aliphatic hydroxyl groups is 2. The molecule has 0 aromatic rings. The van der Waals surface area contributed by atoms with Gasteiger partial charge in [0.2, 0.25) is 0 Å². The van der Waals surface area contributed by atoms with Gasteiger partial charge in [-0.2, -0.15) is 0 Å². The Balaban J connectivity index is 2.01. The van der Waals surface area contributed by atoms with Gasteiger partial charge in [-0.3, -0.25) is 4.79 Å². The molecule has 0 unspecified atom stereocenters. The zero-order valence-electron chi connectivity index (χ0n) is 22.9. The fraction of sp³-hybridized carbons (Fsp3) is 0.710. The van der Waals surface area contributed by atoms with Crippen molar-refractivity contribution < 1.29 is 20.1 Å². The van der Waals surface area contributed by atoms with Gasteiger partial charge >= 0.3 is 5.97 Å². The average molecular weight is 485 g/mol. The van der Waals surface area contributed by atoms with Gasteiger partial charge in [0, 0.05) is 18.4 Å². The van der Waals surface area contributed by atoms with E-state index in [0.717, 1.165) is 31.3 Å². The van der Waals surface area contributed by atoms with E-state index in [2.05, 4.69) is 66.9 Å². The van der Waals surface area contributed by atoms with E-state index in [0.29, 0.717) is 18.8 Å². The second-order valence-electron chi connectivity index (χ2n) is 12.7. The summed E-state index contributed by atoms with van der Waals surface area (Å²) in [5.41, 5.74) is 4.16. The summed E-state index contributed by atoms with van der Waals surface area (Å²) in [4.78, 5) is 11.5. The van der Waals surface area contributed by atoms with Crippen LogP contribution in [-0.2, 0) is 4.79 Å². The topological polar surface area (TPSA) is 77.8 Å². The summed E-state index contributed by atoms with van der Waals surface area (Å²) in [7, 11) is 0. The highest BCUT2D eigenvalue weighted by atomic mass is 16.4. The van der Waals surface area contributed by atoms with Crippen molar-refractivity contribution in [2.45, 2.75) is 92.6 Å². The molecule has 3 aliphatic carbocycles. The predicted molar refractivity (Wildman–Crippen MR) is 143 cm³/mol. The minimum absolute atomic E-state index is 0.000279.